The number of aromatic nitrogens is 3. The summed E-state index contributed by atoms with van der Waals surface area (Å²) in [7, 11) is 0. The highest BCUT2D eigenvalue weighted by atomic mass is 16.3. The first-order valence-electron chi connectivity index (χ1n) is 17.9. The second-order valence-corrected chi connectivity index (χ2v) is 14.4. The number of nitrogens with zero attached hydrogens (tertiary/aromatic N) is 3. The van der Waals surface area contributed by atoms with E-state index in [1.807, 2.05) is 66.7 Å². The molecular formula is C48H31N3O2. The largest absolute Gasteiger partial charge is 0.456 e. The Balaban J connectivity index is 1.09. The van der Waals surface area contributed by atoms with E-state index in [1.54, 1.807) is 0 Å². The van der Waals surface area contributed by atoms with E-state index in [2.05, 4.69) is 98.8 Å². The smallest absolute Gasteiger partial charge is 0.164 e. The Morgan fingerprint density at radius 2 is 1.00 bits per heavy atom. The standard InChI is InChI=1S/C48H31N3O2/c1-48(2)38-16-8-6-13-32(38)36-25-29(20-23-39(36)48)30-21-24-41-37(26-30)44-35(15-10-18-42(44)52-41)47-50-45(28-11-4-3-5-12-28)49-46(51-47)31-19-22-34-33-14-7-9-17-40(33)53-43(34)27-31/h3-27H,1-2H3. The Morgan fingerprint density at radius 1 is 0.377 bits per heavy atom. The van der Waals surface area contributed by atoms with E-state index < -0.39 is 0 Å². The molecule has 1 aliphatic carbocycles. The normalized spacial score (nSPS) is 13.2. The van der Waals surface area contributed by atoms with Crippen LogP contribution < -0.4 is 0 Å². The van der Waals surface area contributed by atoms with E-state index >= 15 is 0 Å². The Hall–Kier alpha value is -6.85. The number of para-hydroxylation sites is 1. The summed E-state index contributed by atoms with van der Waals surface area (Å²) in [5, 5.41) is 4.13. The summed E-state index contributed by atoms with van der Waals surface area (Å²) in [6, 6.07) is 52.6. The molecule has 3 aromatic heterocycles. The number of rotatable bonds is 4. The third-order valence-electron chi connectivity index (χ3n) is 11.0. The maximum Gasteiger partial charge on any atom is 0.164 e. The first kappa shape index (κ1) is 29.8. The van der Waals surface area contributed by atoms with Gasteiger partial charge in [-0.1, -0.05) is 123 Å². The van der Waals surface area contributed by atoms with Crippen molar-refractivity contribution in [1.82, 2.24) is 15.0 Å². The predicted molar refractivity (Wildman–Crippen MR) is 214 cm³/mol. The molecule has 0 N–H and O–H groups in total. The molecule has 0 radical (unpaired) electrons. The van der Waals surface area contributed by atoms with Gasteiger partial charge in [0, 0.05) is 43.7 Å². The van der Waals surface area contributed by atoms with Crippen molar-refractivity contribution in [1.29, 1.82) is 0 Å². The lowest BCUT2D eigenvalue weighted by molar-refractivity contribution is 0.660. The SMILES string of the molecule is CC1(C)c2ccccc2-c2cc(-c3ccc4oc5cccc(-c6nc(-c7ccccc7)nc(-c7ccc8c(c7)oc7ccccc78)n6)c5c4c3)ccc21. The van der Waals surface area contributed by atoms with Gasteiger partial charge in [0.25, 0.3) is 0 Å². The molecule has 0 saturated carbocycles. The average Bonchev–Trinajstić information content (AvgIpc) is 3.85. The number of fused-ring (bicyclic) bond motifs is 9. The summed E-state index contributed by atoms with van der Waals surface area (Å²) in [5.74, 6) is 1.75. The molecule has 5 nitrogen and oxygen atoms in total. The highest BCUT2D eigenvalue weighted by Crippen LogP contribution is 2.50. The van der Waals surface area contributed by atoms with Gasteiger partial charge in [0.1, 0.15) is 22.3 Å². The van der Waals surface area contributed by atoms with Crippen molar-refractivity contribution >= 4 is 43.9 Å². The van der Waals surface area contributed by atoms with Crippen LogP contribution in [0.4, 0.5) is 0 Å². The fourth-order valence-corrected chi connectivity index (χ4v) is 8.30. The van der Waals surface area contributed by atoms with Gasteiger partial charge in [-0.3, -0.25) is 0 Å². The number of furan rings is 2. The van der Waals surface area contributed by atoms with Crippen molar-refractivity contribution in [2.24, 2.45) is 0 Å². The van der Waals surface area contributed by atoms with Crippen LogP contribution >= 0.6 is 0 Å². The van der Waals surface area contributed by atoms with Crippen LogP contribution in [-0.4, -0.2) is 15.0 Å². The van der Waals surface area contributed by atoms with Crippen molar-refractivity contribution in [3.8, 4) is 56.4 Å². The molecule has 11 rings (SSSR count). The maximum atomic E-state index is 6.48. The van der Waals surface area contributed by atoms with E-state index in [0.717, 1.165) is 66.1 Å². The first-order valence-corrected chi connectivity index (χ1v) is 17.9. The molecule has 10 aromatic rings. The van der Waals surface area contributed by atoms with E-state index in [9.17, 15) is 0 Å². The van der Waals surface area contributed by atoms with Crippen molar-refractivity contribution in [3.63, 3.8) is 0 Å². The lowest BCUT2D eigenvalue weighted by Crippen LogP contribution is -2.14. The molecule has 0 fully saturated rings. The molecule has 250 valence electrons. The van der Waals surface area contributed by atoms with Crippen LogP contribution in [-0.2, 0) is 5.41 Å². The van der Waals surface area contributed by atoms with Gasteiger partial charge in [-0.05, 0) is 75.8 Å². The monoisotopic (exact) mass is 681 g/mol. The Kier molecular flexibility index (Phi) is 6.23. The topological polar surface area (TPSA) is 65.0 Å². The summed E-state index contributed by atoms with van der Waals surface area (Å²) < 4.78 is 12.7. The zero-order chi connectivity index (χ0) is 35.3. The summed E-state index contributed by atoms with van der Waals surface area (Å²) in [6.45, 7) is 4.63. The summed E-state index contributed by atoms with van der Waals surface area (Å²) in [4.78, 5) is 15.3. The average molecular weight is 682 g/mol. The van der Waals surface area contributed by atoms with E-state index in [0.29, 0.717) is 17.5 Å². The van der Waals surface area contributed by atoms with E-state index in [4.69, 9.17) is 23.8 Å². The van der Waals surface area contributed by atoms with Crippen LogP contribution in [0.15, 0.2) is 160 Å². The van der Waals surface area contributed by atoms with Crippen molar-refractivity contribution < 1.29 is 8.83 Å². The van der Waals surface area contributed by atoms with Crippen molar-refractivity contribution in [3.05, 3.63) is 163 Å². The minimum atomic E-state index is -0.0378. The number of hydrogen-bond acceptors (Lipinski definition) is 5. The number of hydrogen-bond donors (Lipinski definition) is 0. The predicted octanol–water partition coefficient (Wildman–Crippen LogP) is 12.6. The van der Waals surface area contributed by atoms with Gasteiger partial charge < -0.3 is 8.83 Å². The van der Waals surface area contributed by atoms with Crippen LogP contribution in [0.2, 0.25) is 0 Å². The quantitative estimate of drug-likeness (QED) is 0.185. The maximum absolute atomic E-state index is 6.48. The van der Waals surface area contributed by atoms with Gasteiger partial charge in [-0.15, -0.1) is 0 Å². The molecule has 0 bridgehead atoms. The second kappa shape index (κ2) is 11.1. The molecule has 53 heavy (non-hydrogen) atoms. The van der Waals surface area contributed by atoms with Gasteiger partial charge in [0.05, 0.1) is 0 Å². The molecule has 3 heterocycles. The molecule has 1 aliphatic rings. The highest BCUT2D eigenvalue weighted by Gasteiger charge is 2.35. The fourth-order valence-electron chi connectivity index (χ4n) is 8.30. The van der Waals surface area contributed by atoms with Crippen LogP contribution in [0.25, 0.3) is 100 Å². The molecule has 7 aromatic carbocycles. The third kappa shape index (κ3) is 4.54. The van der Waals surface area contributed by atoms with Gasteiger partial charge in [-0.25, -0.2) is 15.0 Å². The lowest BCUT2D eigenvalue weighted by Gasteiger charge is -2.21. The second-order valence-electron chi connectivity index (χ2n) is 14.4. The molecule has 0 amide bonds. The van der Waals surface area contributed by atoms with Gasteiger partial charge in [-0.2, -0.15) is 0 Å². The Bertz CT molecular complexity index is 3100. The Labute approximate surface area is 305 Å². The molecule has 0 unspecified atom stereocenters. The zero-order valence-corrected chi connectivity index (χ0v) is 29.1. The lowest BCUT2D eigenvalue weighted by atomic mass is 9.82. The molecule has 0 spiro atoms. The molecular weight excluding hydrogens is 651 g/mol. The molecule has 5 heteroatoms. The molecule has 0 atom stereocenters. The summed E-state index contributed by atoms with van der Waals surface area (Å²) >= 11 is 0. The van der Waals surface area contributed by atoms with Gasteiger partial charge in [0.2, 0.25) is 0 Å². The molecule has 0 saturated heterocycles. The van der Waals surface area contributed by atoms with Crippen LogP contribution in [0.1, 0.15) is 25.0 Å². The van der Waals surface area contributed by atoms with Crippen molar-refractivity contribution in [2.75, 3.05) is 0 Å². The minimum Gasteiger partial charge on any atom is -0.456 e. The van der Waals surface area contributed by atoms with Crippen molar-refractivity contribution in [2.45, 2.75) is 19.3 Å². The first-order chi connectivity index (χ1) is 26.0. The van der Waals surface area contributed by atoms with Gasteiger partial charge >= 0.3 is 0 Å². The van der Waals surface area contributed by atoms with Gasteiger partial charge in [0.15, 0.2) is 17.5 Å². The Morgan fingerprint density at radius 3 is 1.91 bits per heavy atom. The van der Waals surface area contributed by atoms with Crippen LogP contribution in [0.3, 0.4) is 0 Å². The summed E-state index contributed by atoms with van der Waals surface area (Å²) in [5.41, 5.74) is 13.5. The summed E-state index contributed by atoms with van der Waals surface area (Å²) in [6.07, 6.45) is 0. The highest BCUT2D eigenvalue weighted by molar-refractivity contribution is 6.13. The fraction of sp³-hybridized carbons (Fsp3) is 0.0625. The number of benzene rings is 7. The van der Waals surface area contributed by atoms with Crippen LogP contribution in [0.5, 0.6) is 0 Å². The molecule has 0 aliphatic heterocycles. The van der Waals surface area contributed by atoms with E-state index in [1.165, 1.54) is 27.8 Å². The zero-order valence-electron chi connectivity index (χ0n) is 29.1. The minimum absolute atomic E-state index is 0.0378. The van der Waals surface area contributed by atoms with E-state index in [-0.39, 0.29) is 5.41 Å². The van der Waals surface area contributed by atoms with Crippen LogP contribution in [0, 0.1) is 0 Å². The third-order valence-corrected chi connectivity index (χ3v) is 11.0.